The Balaban J connectivity index is 2.17. The number of unbranched alkanes of at least 4 members (excludes halogenated alkanes) is 1. The van der Waals surface area contributed by atoms with Crippen molar-refractivity contribution in [3.05, 3.63) is 0 Å². The van der Waals surface area contributed by atoms with Gasteiger partial charge in [0.2, 0.25) is 0 Å². The minimum atomic E-state index is -4.09. The Kier molecular flexibility index (Phi) is 5.24. The van der Waals surface area contributed by atoms with Gasteiger partial charge in [-0.15, -0.1) is 0 Å². The summed E-state index contributed by atoms with van der Waals surface area (Å²) < 4.78 is 35.7. The number of piperidine rings is 1. The number of nitrogens with zero attached hydrogens (tertiary/aromatic N) is 1. The van der Waals surface area contributed by atoms with Gasteiger partial charge in [0.25, 0.3) is 0 Å². The van der Waals surface area contributed by atoms with Crippen LogP contribution in [0.3, 0.4) is 0 Å². The predicted octanol–water partition coefficient (Wildman–Crippen LogP) is 2.58. The lowest BCUT2D eigenvalue weighted by atomic mass is 9.90. The molecule has 6 heteroatoms. The van der Waals surface area contributed by atoms with Crippen molar-refractivity contribution >= 4 is 5.97 Å². The summed E-state index contributed by atoms with van der Waals surface area (Å²) in [7, 11) is 0. The molecule has 2 unspecified atom stereocenters. The second-order valence-corrected chi connectivity index (χ2v) is 4.48. The number of hydrogen-bond acceptors (Lipinski definition) is 1. The molecule has 1 rings (SSSR count). The summed E-state index contributed by atoms with van der Waals surface area (Å²) >= 11 is 0. The Morgan fingerprint density at radius 3 is 2.65 bits per heavy atom. The second-order valence-electron chi connectivity index (χ2n) is 4.48. The van der Waals surface area contributed by atoms with Crippen molar-refractivity contribution in [3.63, 3.8) is 0 Å². The maximum absolute atomic E-state index is 11.9. The van der Waals surface area contributed by atoms with Crippen LogP contribution in [0.25, 0.3) is 0 Å². The van der Waals surface area contributed by atoms with Gasteiger partial charge in [0.1, 0.15) is 0 Å². The van der Waals surface area contributed by atoms with E-state index in [-0.39, 0.29) is 18.4 Å². The maximum atomic E-state index is 11.9. The minimum absolute atomic E-state index is 0.0712. The molecule has 0 bridgehead atoms. The molecule has 1 fully saturated rings. The number of rotatable bonds is 5. The van der Waals surface area contributed by atoms with Crippen LogP contribution < -0.4 is 5.32 Å². The molecule has 99 valence electrons. The van der Waals surface area contributed by atoms with Gasteiger partial charge in [-0.25, -0.2) is 5.32 Å². The standard InChI is InChI=1S/C11H17F3NO2/c12-11(13,14)5-2-1-3-9-7-8(10(16)17)4-6-15-9/h8-9H,1-7H2,(H,16,17). The second kappa shape index (κ2) is 6.23. The third-order valence-corrected chi connectivity index (χ3v) is 3.02. The fraction of sp³-hybridized carbons (Fsp3) is 0.909. The van der Waals surface area contributed by atoms with Gasteiger partial charge in [0, 0.05) is 19.0 Å². The van der Waals surface area contributed by atoms with E-state index >= 15 is 0 Å². The van der Waals surface area contributed by atoms with Gasteiger partial charge in [0.15, 0.2) is 0 Å². The Labute approximate surface area is 98.4 Å². The highest BCUT2D eigenvalue weighted by molar-refractivity contribution is 5.70. The van der Waals surface area contributed by atoms with Crippen LogP contribution in [0.4, 0.5) is 13.2 Å². The number of aliphatic carboxylic acids is 1. The van der Waals surface area contributed by atoms with Gasteiger partial charge in [-0.3, -0.25) is 4.79 Å². The summed E-state index contributed by atoms with van der Waals surface area (Å²) in [5.74, 6) is -1.19. The van der Waals surface area contributed by atoms with Crippen LogP contribution in [0.2, 0.25) is 0 Å². The monoisotopic (exact) mass is 252 g/mol. The minimum Gasteiger partial charge on any atom is -0.481 e. The molecule has 1 aliphatic rings. The lowest BCUT2D eigenvalue weighted by Gasteiger charge is -2.26. The van der Waals surface area contributed by atoms with Crippen LogP contribution in [0.1, 0.15) is 38.5 Å². The van der Waals surface area contributed by atoms with Crippen LogP contribution in [0.5, 0.6) is 0 Å². The average molecular weight is 252 g/mol. The van der Waals surface area contributed by atoms with Crippen molar-refractivity contribution in [1.29, 1.82) is 0 Å². The normalized spacial score (nSPS) is 25.8. The van der Waals surface area contributed by atoms with Gasteiger partial charge in [-0.05, 0) is 25.7 Å². The van der Waals surface area contributed by atoms with E-state index in [0.29, 0.717) is 32.2 Å². The smallest absolute Gasteiger partial charge is 0.389 e. The van der Waals surface area contributed by atoms with Crippen molar-refractivity contribution in [2.75, 3.05) is 6.54 Å². The van der Waals surface area contributed by atoms with Crippen molar-refractivity contribution in [3.8, 4) is 0 Å². The lowest BCUT2D eigenvalue weighted by molar-refractivity contribution is -0.143. The zero-order chi connectivity index (χ0) is 12.9. The Hall–Kier alpha value is -0.780. The highest BCUT2D eigenvalue weighted by atomic mass is 19.4. The van der Waals surface area contributed by atoms with E-state index in [2.05, 4.69) is 5.32 Å². The number of hydrogen-bond donors (Lipinski definition) is 1. The molecule has 1 saturated heterocycles. The highest BCUT2D eigenvalue weighted by Crippen LogP contribution is 2.25. The molecule has 1 heterocycles. The van der Waals surface area contributed by atoms with Crippen LogP contribution in [0.15, 0.2) is 0 Å². The van der Waals surface area contributed by atoms with Crippen molar-refractivity contribution in [2.45, 2.75) is 50.7 Å². The summed E-state index contributed by atoms with van der Waals surface area (Å²) in [6, 6.07) is -0.0712. The molecule has 0 spiro atoms. The van der Waals surface area contributed by atoms with E-state index in [1.165, 1.54) is 0 Å². The lowest BCUT2D eigenvalue weighted by Crippen LogP contribution is -2.35. The van der Waals surface area contributed by atoms with Crippen molar-refractivity contribution < 1.29 is 23.1 Å². The first kappa shape index (κ1) is 14.3. The van der Waals surface area contributed by atoms with Gasteiger partial charge in [-0.2, -0.15) is 13.2 Å². The first-order valence-corrected chi connectivity index (χ1v) is 5.84. The fourth-order valence-corrected chi connectivity index (χ4v) is 2.07. The number of halogens is 3. The van der Waals surface area contributed by atoms with E-state index < -0.39 is 18.6 Å². The molecule has 1 N–H and O–H groups in total. The van der Waals surface area contributed by atoms with Crippen LogP contribution in [-0.4, -0.2) is 29.8 Å². The number of alkyl halides is 3. The molecule has 1 aliphatic heterocycles. The first-order chi connectivity index (χ1) is 7.88. The maximum Gasteiger partial charge on any atom is 0.389 e. The number of carboxylic acids is 1. The van der Waals surface area contributed by atoms with Crippen LogP contribution in [0, 0.1) is 5.92 Å². The van der Waals surface area contributed by atoms with Crippen molar-refractivity contribution in [2.24, 2.45) is 5.92 Å². The molecule has 3 nitrogen and oxygen atoms in total. The topological polar surface area (TPSA) is 51.4 Å². The third-order valence-electron chi connectivity index (χ3n) is 3.02. The molecule has 17 heavy (non-hydrogen) atoms. The Bertz CT molecular complexity index is 256. The van der Waals surface area contributed by atoms with Gasteiger partial charge in [0.05, 0.1) is 5.92 Å². The number of carboxylic acid groups (broad SMARTS) is 1. The van der Waals surface area contributed by atoms with Crippen LogP contribution >= 0.6 is 0 Å². The quantitative estimate of drug-likeness (QED) is 0.764. The molecule has 2 atom stereocenters. The molecule has 0 aromatic carbocycles. The summed E-state index contributed by atoms with van der Waals surface area (Å²) in [5.41, 5.74) is 0. The molecule has 0 amide bonds. The summed E-state index contributed by atoms with van der Waals surface area (Å²) in [6.45, 7) is 0.515. The molecule has 1 radical (unpaired) electrons. The Morgan fingerprint density at radius 2 is 2.06 bits per heavy atom. The van der Waals surface area contributed by atoms with E-state index in [0.717, 1.165) is 0 Å². The van der Waals surface area contributed by atoms with Crippen LogP contribution in [-0.2, 0) is 4.79 Å². The average Bonchev–Trinajstić information content (AvgIpc) is 2.23. The van der Waals surface area contributed by atoms with E-state index in [1.54, 1.807) is 0 Å². The zero-order valence-electron chi connectivity index (χ0n) is 9.54. The van der Waals surface area contributed by atoms with Gasteiger partial charge in [-0.1, -0.05) is 6.42 Å². The molecule has 0 aromatic rings. The molecule has 0 aromatic heterocycles. The highest BCUT2D eigenvalue weighted by Gasteiger charge is 2.28. The predicted molar refractivity (Wildman–Crippen MR) is 55.7 cm³/mol. The molecule has 0 saturated carbocycles. The van der Waals surface area contributed by atoms with E-state index in [4.69, 9.17) is 5.11 Å². The SMILES string of the molecule is O=C(O)C1CC[N]C(CCCCC(F)(F)F)C1. The first-order valence-electron chi connectivity index (χ1n) is 5.84. The van der Waals surface area contributed by atoms with Gasteiger partial charge < -0.3 is 5.11 Å². The Morgan fingerprint density at radius 1 is 1.35 bits per heavy atom. The summed E-state index contributed by atoms with van der Waals surface area (Å²) in [4.78, 5) is 10.8. The molecule has 0 aliphatic carbocycles. The fourth-order valence-electron chi connectivity index (χ4n) is 2.07. The molecular formula is C11H17F3NO2. The zero-order valence-corrected chi connectivity index (χ0v) is 9.54. The van der Waals surface area contributed by atoms with Crippen molar-refractivity contribution in [1.82, 2.24) is 5.32 Å². The summed E-state index contributed by atoms with van der Waals surface area (Å²) in [6.07, 6.45) is -2.70. The third kappa shape index (κ3) is 5.91. The number of carbonyl (C=O) groups is 1. The van der Waals surface area contributed by atoms with Gasteiger partial charge >= 0.3 is 12.1 Å². The van der Waals surface area contributed by atoms with E-state index in [9.17, 15) is 18.0 Å². The summed E-state index contributed by atoms with van der Waals surface area (Å²) in [5, 5.41) is 13.1. The largest absolute Gasteiger partial charge is 0.481 e. The molecular weight excluding hydrogens is 235 g/mol. The van der Waals surface area contributed by atoms with E-state index in [1.807, 2.05) is 0 Å².